The Bertz CT molecular complexity index is 811. The molecule has 0 aliphatic carbocycles. The summed E-state index contributed by atoms with van der Waals surface area (Å²) in [5.41, 5.74) is 2.43. The van der Waals surface area contributed by atoms with E-state index >= 15 is 0 Å². The highest BCUT2D eigenvalue weighted by Gasteiger charge is 2.34. The van der Waals surface area contributed by atoms with Gasteiger partial charge in [-0.2, -0.15) is 0 Å². The minimum atomic E-state index is -0.444. The molecule has 0 unspecified atom stereocenters. The Morgan fingerprint density at radius 2 is 1.65 bits per heavy atom. The number of carbonyl (C=O) groups excluding carboxylic acids is 2. The third kappa shape index (κ3) is 5.51. The Morgan fingerprint density at radius 3 is 2.32 bits per heavy atom. The van der Waals surface area contributed by atoms with Gasteiger partial charge in [0.2, 0.25) is 11.8 Å². The Balaban J connectivity index is 1.53. The maximum Gasteiger partial charge on any atom is 0.237 e. The SMILES string of the molecule is O=C1NCCN(CC(c2ccccc2)c2ccccc2)[C@H]1CC(=O)N1CCCOCC1. The van der Waals surface area contributed by atoms with Crippen LogP contribution >= 0.6 is 0 Å². The van der Waals surface area contributed by atoms with Gasteiger partial charge in [-0.1, -0.05) is 60.7 Å². The quantitative estimate of drug-likeness (QED) is 0.777. The Morgan fingerprint density at radius 1 is 0.968 bits per heavy atom. The van der Waals surface area contributed by atoms with Gasteiger partial charge in [-0.3, -0.25) is 14.5 Å². The summed E-state index contributed by atoms with van der Waals surface area (Å²) in [4.78, 5) is 29.8. The molecule has 2 saturated heterocycles. The maximum absolute atomic E-state index is 13.0. The zero-order chi connectivity index (χ0) is 21.5. The van der Waals surface area contributed by atoms with E-state index in [1.54, 1.807) is 0 Å². The van der Waals surface area contributed by atoms with Crippen molar-refractivity contribution in [2.24, 2.45) is 0 Å². The lowest BCUT2D eigenvalue weighted by Gasteiger charge is -2.38. The first-order valence-corrected chi connectivity index (χ1v) is 11.2. The fourth-order valence-electron chi connectivity index (χ4n) is 4.50. The summed E-state index contributed by atoms with van der Waals surface area (Å²) >= 11 is 0. The van der Waals surface area contributed by atoms with Crippen LogP contribution in [-0.2, 0) is 14.3 Å². The number of hydrogen-bond acceptors (Lipinski definition) is 4. The van der Waals surface area contributed by atoms with Crippen LogP contribution in [0, 0.1) is 0 Å². The Kier molecular flexibility index (Phi) is 7.33. The van der Waals surface area contributed by atoms with Crippen LogP contribution in [0.4, 0.5) is 0 Å². The van der Waals surface area contributed by atoms with Crippen molar-refractivity contribution in [2.45, 2.75) is 24.8 Å². The highest BCUT2D eigenvalue weighted by molar-refractivity contribution is 5.88. The van der Waals surface area contributed by atoms with Crippen LogP contribution in [-0.4, -0.2) is 73.6 Å². The van der Waals surface area contributed by atoms with E-state index in [0.717, 1.165) is 13.0 Å². The molecule has 4 rings (SSSR count). The molecule has 2 heterocycles. The third-order valence-electron chi connectivity index (χ3n) is 6.21. The van der Waals surface area contributed by atoms with E-state index in [1.807, 2.05) is 17.0 Å². The molecule has 2 aliphatic rings. The van der Waals surface area contributed by atoms with Gasteiger partial charge in [0, 0.05) is 45.2 Å². The summed E-state index contributed by atoms with van der Waals surface area (Å²) in [6.07, 6.45) is 1.05. The van der Waals surface area contributed by atoms with Crippen molar-refractivity contribution < 1.29 is 14.3 Å². The lowest BCUT2D eigenvalue weighted by atomic mass is 9.90. The van der Waals surface area contributed by atoms with Crippen LogP contribution in [0.1, 0.15) is 29.9 Å². The van der Waals surface area contributed by atoms with Crippen molar-refractivity contribution in [1.82, 2.24) is 15.1 Å². The summed E-state index contributed by atoms with van der Waals surface area (Å²) in [7, 11) is 0. The van der Waals surface area contributed by atoms with Gasteiger partial charge in [-0.15, -0.1) is 0 Å². The van der Waals surface area contributed by atoms with Crippen LogP contribution in [0.25, 0.3) is 0 Å². The number of benzene rings is 2. The number of carbonyl (C=O) groups is 2. The Hall–Kier alpha value is -2.70. The zero-order valence-corrected chi connectivity index (χ0v) is 17.9. The second kappa shape index (κ2) is 10.6. The average molecular weight is 422 g/mol. The fourth-order valence-corrected chi connectivity index (χ4v) is 4.50. The van der Waals surface area contributed by atoms with Crippen LogP contribution in [0.5, 0.6) is 0 Å². The molecule has 2 aromatic rings. The van der Waals surface area contributed by atoms with Crippen LogP contribution in [0.3, 0.4) is 0 Å². The van der Waals surface area contributed by atoms with E-state index < -0.39 is 6.04 Å². The smallest absolute Gasteiger partial charge is 0.237 e. The standard InChI is InChI=1S/C25H31N3O3/c29-24(27-13-7-16-31-17-15-27)18-23-25(30)26-12-14-28(23)19-22(20-8-3-1-4-9-20)21-10-5-2-6-11-21/h1-6,8-11,22-23H,7,12-19H2,(H,26,30)/t23-/m0/s1. The van der Waals surface area contributed by atoms with Crippen molar-refractivity contribution in [2.75, 3.05) is 45.9 Å². The van der Waals surface area contributed by atoms with Gasteiger partial charge >= 0.3 is 0 Å². The van der Waals surface area contributed by atoms with E-state index in [0.29, 0.717) is 39.4 Å². The molecule has 2 aromatic carbocycles. The first-order chi connectivity index (χ1) is 15.2. The number of nitrogens with one attached hydrogen (secondary N) is 1. The molecule has 0 aromatic heterocycles. The molecule has 6 nitrogen and oxygen atoms in total. The molecule has 31 heavy (non-hydrogen) atoms. The normalized spacial score (nSPS) is 20.4. The first-order valence-electron chi connectivity index (χ1n) is 11.2. The molecule has 2 fully saturated rings. The largest absolute Gasteiger partial charge is 0.380 e. The molecule has 2 aliphatic heterocycles. The molecule has 2 amide bonds. The van der Waals surface area contributed by atoms with Crippen LogP contribution in [0.2, 0.25) is 0 Å². The molecule has 1 atom stereocenters. The van der Waals surface area contributed by atoms with Crippen molar-refractivity contribution >= 4 is 11.8 Å². The molecule has 0 radical (unpaired) electrons. The van der Waals surface area contributed by atoms with Gasteiger partial charge in [0.05, 0.1) is 19.1 Å². The fraction of sp³-hybridized carbons (Fsp3) is 0.440. The molecule has 6 heteroatoms. The van der Waals surface area contributed by atoms with Gasteiger partial charge in [0.1, 0.15) is 0 Å². The van der Waals surface area contributed by atoms with Gasteiger partial charge in [0.15, 0.2) is 0 Å². The highest BCUT2D eigenvalue weighted by Crippen LogP contribution is 2.27. The molecule has 1 N–H and O–H groups in total. The summed E-state index contributed by atoms with van der Waals surface area (Å²) < 4.78 is 5.47. The third-order valence-corrected chi connectivity index (χ3v) is 6.21. The first kappa shape index (κ1) is 21.5. The van der Waals surface area contributed by atoms with Gasteiger partial charge < -0.3 is 15.0 Å². The highest BCUT2D eigenvalue weighted by atomic mass is 16.5. The van der Waals surface area contributed by atoms with Crippen LogP contribution in [0.15, 0.2) is 60.7 Å². The number of hydrogen-bond donors (Lipinski definition) is 1. The monoisotopic (exact) mass is 421 g/mol. The maximum atomic E-state index is 13.0. The lowest BCUT2D eigenvalue weighted by Crippen LogP contribution is -2.57. The molecular weight excluding hydrogens is 390 g/mol. The summed E-state index contributed by atoms with van der Waals surface area (Å²) in [6, 6.07) is 20.4. The van der Waals surface area contributed by atoms with Gasteiger partial charge in [-0.25, -0.2) is 0 Å². The number of piperazine rings is 1. The van der Waals surface area contributed by atoms with E-state index in [9.17, 15) is 9.59 Å². The summed E-state index contributed by atoms with van der Waals surface area (Å²) in [6.45, 7) is 4.60. The topological polar surface area (TPSA) is 61.9 Å². The predicted molar refractivity (Wildman–Crippen MR) is 120 cm³/mol. The number of ether oxygens (including phenoxy) is 1. The minimum absolute atomic E-state index is 0.0357. The van der Waals surface area contributed by atoms with Crippen molar-refractivity contribution in [1.29, 1.82) is 0 Å². The average Bonchev–Trinajstić information content (AvgIpc) is 3.10. The van der Waals surface area contributed by atoms with Gasteiger partial charge in [0.25, 0.3) is 0 Å². The van der Waals surface area contributed by atoms with E-state index in [4.69, 9.17) is 4.74 Å². The number of amides is 2. The van der Waals surface area contributed by atoms with Crippen molar-refractivity contribution in [3.63, 3.8) is 0 Å². The Labute approximate surface area is 184 Å². The molecular formula is C25H31N3O3. The van der Waals surface area contributed by atoms with E-state index in [1.165, 1.54) is 11.1 Å². The van der Waals surface area contributed by atoms with Crippen molar-refractivity contribution in [3.8, 4) is 0 Å². The summed E-state index contributed by atoms with van der Waals surface area (Å²) in [5.74, 6) is 0.122. The predicted octanol–water partition coefficient (Wildman–Crippen LogP) is 2.26. The second-order valence-electron chi connectivity index (χ2n) is 8.23. The van der Waals surface area contributed by atoms with Crippen LogP contribution < -0.4 is 5.32 Å². The second-order valence-corrected chi connectivity index (χ2v) is 8.23. The lowest BCUT2D eigenvalue weighted by molar-refractivity contribution is -0.139. The minimum Gasteiger partial charge on any atom is -0.380 e. The summed E-state index contributed by atoms with van der Waals surface area (Å²) in [5, 5.41) is 2.96. The van der Waals surface area contributed by atoms with E-state index in [-0.39, 0.29) is 24.2 Å². The number of rotatable bonds is 6. The molecule has 0 bridgehead atoms. The molecule has 164 valence electrons. The van der Waals surface area contributed by atoms with Gasteiger partial charge in [-0.05, 0) is 17.5 Å². The van der Waals surface area contributed by atoms with Crippen molar-refractivity contribution in [3.05, 3.63) is 71.8 Å². The molecule has 0 saturated carbocycles. The number of nitrogens with zero attached hydrogens (tertiary/aromatic N) is 2. The molecule has 0 spiro atoms. The van der Waals surface area contributed by atoms with E-state index in [2.05, 4.69) is 58.7 Å². The zero-order valence-electron chi connectivity index (χ0n) is 17.9.